The predicted octanol–water partition coefficient (Wildman–Crippen LogP) is 1.84. The van der Waals surface area contributed by atoms with E-state index in [2.05, 4.69) is 37.1 Å². The van der Waals surface area contributed by atoms with Gasteiger partial charge in [0.25, 0.3) is 0 Å². The lowest BCUT2D eigenvalue weighted by molar-refractivity contribution is 0.290. The van der Waals surface area contributed by atoms with Gasteiger partial charge >= 0.3 is 0 Å². The molecule has 4 heteroatoms. The van der Waals surface area contributed by atoms with Gasteiger partial charge < -0.3 is 16.2 Å². The van der Waals surface area contributed by atoms with E-state index in [0.29, 0.717) is 12.3 Å². The van der Waals surface area contributed by atoms with Gasteiger partial charge in [0.15, 0.2) is 0 Å². The Morgan fingerprint density at radius 1 is 1.32 bits per heavy atom. The summed E-state index contributed by atoms with van der Waals surface area (Å²) in [5.74, 6) is 0.377. The highest BCUT2D eigenvalue weighted by Crippen LogP contribution is 2.23. The van der Waals surface area contributed by atoms with Gasteiger partial charge in [0.05, 0.1) is 0 Å². The van der Waals surface area contributed by atoms with Crippen molar-refractivity contribution in [3.8, 4) is 5.75 Å². The van der Waals surface area contributed by atoms with Crippen LogP contribution in [-0.2, 0) is 6.54 Å². The number of nitrogens with zero attached hydrogens (tertiary/aromatic N) is 1. The molecule has 0 aliphatic heterocycles. The maximum absolute atomic E-state index is 9.97. The average Bonchev–Trinajstić information content (AvgIpc) is 2.43. The van der Waals surface area contributed by atoms with Crippen LogP contribution in [0.1, 0.15) is 37.9 Å². The summed E-state index contributed by atoms with van der Waals surface area (Å²) in [7, 11) is 0. The number of hydrogen-bond acceptors (Lipinski definition) is 4. The molecule has 0 aromatic heterocycles. The van der Waals surface area contributed by atoms with Crippen LogP contribution in [0.2, 0.25) is 0 Å². The second kappa shape index (κ2) is 8.15. The van der Waals surface area contributed by atoms with Crippen molar-refractivity contribution in [2.24, 2.45) is 5.73 Å². The van der Waals surface area contributed by atoms with E-state index in [1.54, 1.807) is 6.07 Å². The lowest BCUT2D eigenvalue weighted by atomic mass is 10.0. The normalized spacial score (nSPS) is 12.9. The molecule has 1 atom stereocenters. The fourth-order valence-corrected chi connectivity index (χ4v) is 2.11. The lowest BCUT2D eigenvalue weighted by Gasteiger charge is -2.20. The minimum atomic E-state index is 0.250. The summed E-state index contributed by atoms with van der Waals surface area (Å²) < 4.78 is 0. The second-order valence-electron chi connectivity index (χ2n) is 4.81. The number of rotatable bonds is 8. The molecular weight excluding hydrogens is 238 g/mol. The SMILES string of the molecule is CCN(CC)Cc1cc(C(C)NCCN)ccc1O. The molecular formula is C15H27N3O. The molecule has 0 saturated heterocycles. The number of phenolic OH excluding ortho intramolecular Hbond substituents is 1. The van der Waals surface area contributed by atoms with Crippen molar-refractivity contribution in [2.45, 2.75) is 33.4 Å². The first-order valence-electron chi connectivity index (χ1n) is 7.09. The van der Waals surface area contributed by atoms with Gasteiger partial charge in [-0.2, -0.15) is 0 Å². The van der Waals surface area contributed by atoms with E-state index in [-0.39, 0.29) is 6.04 Å². The molecule has 0 heterocycles. The van der Waals surface area contributed by atoms with Crippen molar-refractivity contribution in [3.05, 3.63) is 29.3 Å². The van der Waals surface area contributed by atoms with Crippen molar-refractivity contribution in [3.63, 3.8) is 0 Å². The monoisotopic (exact) mass is 265 g/mol. The van der Waals surface area contributed by atoms with Crippen LogP contribution in [-0.4, -0.2) is 36.2 Å². The van der Waals surface area contributed by atoms with Crippen LogP contribution in [0.4, 0.5) is 0 Å². The average molecular weight is 265 g/mol. The summed E-state index contributed by atoms with van der Waals surface area (Å²) in [5, 5.41) is 13.3. The van der Waals surface area contributed by atoms with Gasteiger partial charge in [-0.05, 0) is 37.7 Å². The van der Waals surface area contributed by atoms with Crippen LogP contribution in [0.15, 0.2) is 18.2 Å². The van der Waals surface area contributed by atoms with Crippen LogP contribution in [0, 0.1) is 0 Å². The van der Waals surface area contributed by atoms with Gasteiger partial charge in [-0.15, -0.1) is 0 Å². The first-order chi connectivity index (χ1) is 9.12. The zero-order chi connectivity index (χ0) is 14.3. The highest BCUT2D eigenvalue weighted by Gasteiger charge is 2.10. The minimum Gasteiger partial charge on any atom is -0.508 e. The zero-order valence-corrected chi connectivity index (χ0v) is 12.3. The van der Waals surface area contributed by atoms with Gasteiger partial charge in [0.2, 0.25) is 0 Å². The molecule has 0 saturated carbocycles. The van der Waals surface area contributed by atoms with Crippen LogP contribution in [0.25, 0.3) is 0 Å². The Balaban J connectivity index is 2.81. The number of phenols is 1. The Morgan fingerprint density at radius 2 is 2.00 bits per heavy atom. The molecule has 0 amide bonds. The highest BCUT2D eigenvalue weighted by molar-refractivity contribution is 5.37. The van der Waals surface area contributed by atoms with Crippen molar-refractivity contribution < 1.29 is 5.11 Å². The Bertz CT molecular complexity index is 378. The number of aromatic hydroxyl groups is 1. The van der Waals surface area contributed by atoms with Crippen LogP contribution < -0.4 is 11.1 Å². The Hall–Kier alpha value is -1.10. The third-order valence-corrected chi connectivity index (χ3v) is 3.49. The summed E-state index contributed by atoms with van der Waals surface area (Å²) >= 11 is 0. The van der Waals surface area contributed by atoms with Crippen molar-refractivity contribution >= 4 is 0 Å². The molecule has 0 bridgehead atoms. The van der Waals surface area contributed by atoms with Gasteiger partial charge in [-0.1, -0.05) is 19.9 Å². The van der Waals surface area contributed by atoms with E-state index in [4.69, 9.17) is 5.73 Å². The van der Waals surface area contributed by atoms with E-state index < -0.39 is 0 Å². The molecule has 4 N–H and O–H groups in total. The molecule has 1 unspecified atom stereocenters. The van der Waals surface area contributed by atoms with E-state index in [1.165, 1.54) is 5.56 Å². The Labute approximate surface area is 116 Å². The van der Waals surface area contributed by atoms with Crippen molar-refractivity contribution in [2.75, 3.05) is 26.2 Å². The summed E-state index contributed by atoms with van der Waals surface area (Å²) in [4.78, 5) is 2.29. The summed E-state index contributed by atoms with van der Waals surface area (Å²) in [6.07, 6.45) is 0. The van der Waals surface area contributed by atoms with E-state index in [0.717, 1.165) is 31.7 Å². The summed E-state index contributed by atoms with van der Waals surface area (Å²) in [6, 6.07) is 6.09. The number of nitrogens with two attached hydrogens (primary N) is 1. The molecule has 0 radical (unpaired) electrons. The Morgan fingerprint density at radius 3 is 2.58 bits per heavy atom. The van der Waals surface area contributed by atoms with E-state index >= 15 is 0 Å². The molecule has 1 rings (SSSR count). The molecule has 0 fully saturated rings. The minimum absolute atomic E-state index is 0.250. The molecule has 108 valence electrons. The number of nitrogens with one attached hydrogen (secondary N) is 1. The maximum atomic E-state index is 9.97. The molecule has 1 aromatic rings. The molecule has 0 aliphatic carbocycles. The molecule has 4 nitrogen and oxygen atoms in total. The topological polar surface area (TPSA) is 61.5 Å². The van der Waals surface area contributed by atoms with Gasteiger partial charge in [-0.3, -0.25) is 4.90 Å². The van der Waals surface area contributed by atoms with Gasteiger partial charge in [0, 0.05) is 31.2 Å². The van der Waals surface area contributed by atoms with Crippen LogP contribution in [0.5, 0.6) is 5.75 Å². The first-order valence-corrected chi connectivity index (χ1v) is 7.09. The first kappa shape index (κ1) is 16.0. The van der Waals surface area contributed by atoms with E-state index in [9.17, 15) is 5.11 Å². The number of benzene rings is 1. The third kappa shape index (κ3) is 4.82. The highest BCUT2D eigenvalue weighted by atomic mass is 16.3. The maximum Gasteiger partial charge on any atom is 0.120 e. The van der Waals surface area contributed by atoms with Crippen molar-refractivity contribution in [1.82, 2.24) is 10.2 Å². The van der Waals surface area contributed by atoms with Gasteiger partial charge in [-0.25, -0.2) is 0 Å². The predicted molar refractivity (Wildman–Crippen MR) is 80.2 cm³/mol. The molecule has 0 aliphatic rings. The molecule has 1 aromatic carbocycles. The fraction of sp³-hybridized carbons (Fsp3) is 0.600. The third-order valence-electron chi connectivity index (χ3n) is 3.49. The van der Waals surface area contributed by atoms with Crippen LogP contribution >= 0.6 is 0 Å². The summed E-state index contributed by atoms with van der Waals surface area (Å²) in [6.45, 7) is 10.6. The van der Waals surface area contributed by atoms with Crippen molar-refractivity contribution in [1.29, 1.82) is 0 Å². The standard InChI is InChI=1S/C15H27N3O/c1-4-18(5-2)11-14-10-13(6-7-15(14)19)12(3)17-9-8-16/h6-7,10,12,17,19H,4-5,8-9,11,16H2,1-3H3. The van der Waals surface area contributed by atoms with Gasteiger partial charge in [0.1, 0.15) is 5.75 Å². The smallest absolute Gasteiger partial charge is 0.120 e. The quantitative estimate of drug-likeness (QED) is 0.671. The Kier molecular flexibility index (Phi) is 6.84. The van der Waals surface area contributed by atoms with Crippen LogP contribution in [0.3, 0.4) is 0 Å². The second-order valence-corrected chi connectivity index (χ2v) is 4.81. The largest absolute Gasteiger partial charge is 0.508 e. The summed E-state index contributed by atoms with van der Waals surface area (Å²) in [5.41, 5.74) is 7.68. The van der Waals surface area contributed by atoms with E-state index in [1.807, 2.05) is 6.07 Å². The lowest BCUT2D eigenvalue weighted by Crippen LogP contribution is -2.26. The molecule has 0 spiro atoms. The fourth-order valence-electron chi connectivity index (χ4n) is 2.11. The zero-order valence-electron chi connectivity index (χ0n) is 12.3. The molecule has 19 heavy (non-hydrogen) atoms. The number of hydrogen-bond donors (Lipinski definition) is 3.